The molecule has 0 bridgehead atoms. The minimum Gasteiger partial charge on any atom is -0.346 e. The third kappa shape index (κ3) is 4.36. The normalized spacial score (nSPS) is 17.3. The molecule has 7 heteroatoms. The smallest absolute Gasteiger partial charge is 0.244 e. The highest BCUT2D eigenvalue weighted by atomic mass is 16.2. The molecule has 1 aliphatic carbocycles. The van der Waals surface area contributed by atoms with E-state index in [1.807, 2.05) is 24.6 Å². The Morgan fingerprint density at radius 2 is 2.07 bits per heavy atom. The SMILES string of the molecule is CC(C)[C@H](N)C(=O)NCC(=O)Nc1ccnn1C1CCCc2ccccc21. The highest BCUT2D eigenvalue weighted by molar-refractivity contribution is 5.94. The molecule has 2 amide bonds. The molecule has 2 aromatic rings. The summed E-state index contributed by atoms with van der Waals surface area (Å²) in [5.41, 5.74) is 8.37. The number of nitrogens with one attached hydrogen (secondary N) is 2. The minimum absolute atomic E-state index is 0.0147. The number of aromatic nitrogens is 2. The van der Waals surface area contributed by atoms with E-state index in [0.717, 1.165) is 19.3 Å². The van der Waals surface area contributed by atoms with E-state index in [9.17, 15) is 9.59 Å². The summed E-state index contributed by atoms with van der Waals surface area (Å²) in [6.45, 7) is 3.61. The molecule has 4 N–H and O–H groups in total. The van der Waals surface area contributed by atoms with Crippen LogP contribution in [0.3, 0.4) is 0 Å². The van der Waals surface area contributed by atoms with Gasteiger partial charge in [0.1, 0.15) is 5.82 Å². The van der Waals surface area contributed by atoms with Gasteiger partial charge in [-0.1, -0.05) is 38.1 Å². The van der Waals surface area contributed by atoms with E-state index in [1.54, 1.807) is 12.3 Å². The molecule has 0 saturated heterocycles. The quantitative estimate of drug-likeness (QED) is 0.723. The van der Waals surface area contributed by atoms with Crippen LogP contribution in [-0.2, 0) is 16.0 Å². The molecule has 27 heavy (non-hydrogen) atoms. The first-order valence-electron chi connectivity index (χ1n) is 9.42. The van der Waals surface area contributed by atoms with Crippen LogP contribution in [0.25, 0.3) is 0 Å². The van der Waals surface area contributed by atoms with E-state index in [0.29, 0.717) is 5.82 Å². The maximum absolute atomic E-state index is 12.3. The Bertz CT molecular complexity index is 814. The Morgan fingerprint density at radius 1 is 1.30 bits per heavy atom. The zero-order chi connectivity index (χ0) is 19.4. The van der Waals surface area contributed by atoms with E-state index < -0.39 is 6.04 Å². The fraction of sp³-hybridized carbons (Fsp3) is 0.450. The summed E-state index contributed by atoms with van der Waals surface area (Å²) in [6.07, 6.45) is 4.80. The lowest BCUT2D eigenvalue weighted by atomic mass is 9.88. The fourth-order valence-electron chi connectivity index (χ4n) is 3.42. The van der Waals surface area contributed by atoms with Gasteiger partial charge < -0.3 is 16.4 Å². The molecule has 3 rings (SSSR count). The zero-order valence-corrected chi connectivity index (χ0v) is 15.8. The molecule has 1 aromatic heterocycles. The largest absolute Gasteiger partial charge is 0.346 e. The van der Waals surface area contributed by atoms with Crippen molar-refractivity contribution in [2.45, 2.75) is 45.2 Å². The lowest BCUT2D eigenvalue weighted by Gasteiger charge is -2.27. The first kappa shape index (κ1) is 19.1. The second-order valence-electron chi connectivity index (χ2n) is 7.30. The summed E-state index contributed by atoms with van der Waals surface area (Å²) in [4.78, 5) is 24.2. The number of rotatable bonds is 6. The topological polar surface area (TPSA) is 102 Å². The van der Waals surface area contributed by atoms with Gasteiger partial charge >= 0.3 is 0 Å². The van der Waals surface area contributed by atoms with Gasteiger partial charge in [0.25, 0.3) is 0 Å². The molecule has 1 heterocycles. The highest BCUT2D eigenvalue weighted by Crippen LogP contribution is 2.34. The number of hydrogen-bond acceptors (Lipinski definition) is 4. The number of fused-ring (bicyclic) bond motifs is 1. The molecule has 0 aliphatic heterocycles. The van der Waals surface area contributed by atoms with Crippen LogP contribution in [0.15, 0.2) is 36.5 Å². The molecular formula is C20H27N5O2. The fourth-order valence-corrected chi connectivity index (χ4v) is 3.42. The summed E-state index contributed by atoms with van der Waals surface area (Å²) in [5, 5.41) is 9.87. The first-order valence-corrected chi connectivity index (χ1v) is 9.42. The molecule has 0 fully saturated rings. The maximum Gasteiger partial charge on any atom is 0.244 e. The molecule has 144 valence electrons. The summed E-state index contributed by atoms with van der Waals surface area (Å²) in [5.74, 6) is 0.0185. The molecular weight excluding hydrogens is 342 g/mol. The Morgan fingerprint density at radius 3 is 2.85 bits per heavy atom. The maximum atomic E-state index is 12.3. The molecule has 0 radical (unpaired) electrons. The van der Waals surface area contributed by atoms with Gasteiger partial charge in [0, 0.05) is 6.07 Å². The third-order valence-electron chi connectivity index (χ3n) is 5.01. The number of carbonyl (C=O) groups is 2. The summed E-state index contributed by atoms with van der Waals surface area (Å²) < 4.78 is 1.86. The van der Waals surface area contributed by atoms with Crippen molar-refractivity contribution in [1.82, 2.24) is 15.1 Å². The Labute approximate surface area is 159 Å². The van der Waals surface area contributed by atoms with E-state index in [1.165, 1.54) is 11.1 Å². The van der Waals surface area contributed by atoms with Crippen LogP contribution in [0.5, 0.6) is 0 Å². The highest BCUT2D eigenvalue weighted by Gasteiger charge is 2.24. The van der Waals surface area contributed by atoms with Crippen molar-refractivity contribution >= 4 is 17.6 Å². The number of amides is 2. The van der Waals surface area contributed by atoms with Crippen LogP contribution < -0.4 is 16.4 Å². The van der Waals surface area contributed by atoms with E-state index in [-0.39, 0.29) is 30.3 Å². The molecule has 1 aliphatic rings. The van der Waals surface area contributed by atoms with Crippen LogP contribution in [0.1, 0.15) is 43.9 Å². The van der Waals surface area contributed by atoms with Crippen LogP contribution in [-0.4, -0.2) is 34.2 Å². The van der Waals surface area contributed by atoms with E-state index >= 15 is 0 Å². The van der Waals surface area contributed by atoms with Crippen molar-refractivity contribution in [2.75, 3.05) is 11.9 Å². The van der Waals surface area contributed by atoms with Crippen LogP contribution >= 0.6 is 0 Å². The standard InChI is InChI=1S/C20H27N5O2/c1-13(2)19(21)20(27)22-12-18(26)24-17-10-11-23-25(17)16-9-5-7-14-6-3-4-8-15(14)16/h3-4,6,8,10-11,13,16,19H,5,7,9,12,21H2,1-2H3,(H,22,27)(H,24,26)/t16?,19-/m0/s1. The Hall–Kier alpha value is -2.67. The second-order valence-corrected chi connectivity index (χ2v) is 7.30. The third-order valence-corrected chi connectivity index (χ3v) is 5.01. The van der Waals surface area contributed by atoms with Crippen molar-refractivity contribution in [3.05, 3.63) is 47.7 Å². The summed E-state index contributed by atoms with van der Waals surface area (Å²) in [6, 6.07) is 9.61. The monoisotopic (exact) mass is 369 g/mol. The predicted molar refractivity (Wildman–Crippen MR) is 104 cm³/mol. The molecule has 2 atom stereocenters. The van der Waals surface area contributed by atoms with E-state index in [2.05, 4.69) is 33.9 Å². The van der Waals surface area contributed by atoms with Gasteiger partial charge in [-0.2, -0.15) is 5.10 Å². The molecule has 1 aromatic carbocycles. The van der Waals surface area contributed by atoms with Crippen LogP contribution in [0.2, 0.25) is 0 Å². The molecule has 7 nitrogen and oxygen atoms in total. The number of hydrogen-bond donors (Lipinski definition) is 3. The number of aryl methyl sites for hydroxylation is 1. The molecule has 0 spiro atoms. The van der Waals surface area contributed by atoms with Gasteiger partial charge in [0.15, 0.2) is 0 Å². The molecule has 1 unspecified atom stereocenters. The summed E-state index contributed by atoms with van der Waals surface area (Å²) in [7, 11) is 0. The Balaban J connectivity index is 1.66. The van der Waals surface area contributed by atoms with Crippen molar-refractivity contribution < 1.29 is 9.59 Å². The molecule has 0 saturated carbocycles. The lowest BCUT2D eigenvalue weighted by Crippen LogP contribution is -2.46. The second kappa shape index (κ2) is 8.35. The number of carbonyl (C=O) groups excluding carboxylic acids is 2. The van der Waals surface area contributed by atoms with Gasteiger partial charge in [0.05, 0.1) is 24.8 Å². The number of nitrogens with zero attached hydrogens (tertiary/aromatic N) is 2. The Kier molecular flexibility index (Phi) is 5.91. The van der Waals surface area contributed by atoms with Crippen LogP contribution in [0, 0.1) is 5.92 Å². The predicted octanol–water partition coefficient (Wildman–Crippen LogP) is 1.85. The number of nitrogens with two attached hydrogens (primary N) is 1. The van der Waals surface area contributed by atoms with Gasteiger partial charge in [-0.15, -0.1) is 0 Å². The first-order chi connectivity index (χ1) is 13.0. The van der Waals surface area contributed by atoms with Gasteiger partial charge in [-0.05, 0) is 36.3 Å². The van der Waals surface area contributed by atoms with Gasteiger partial charge in [-0.3, -0.25) is 9.59 Å². The van der Waals surface area contributed by atoms with Gasteiger partial charge in [0.2, 0.25) is 11.8 Å². The van der Waals surface area contributed by atoms with Crippen molar-refractivity contribution in [3.8, 4) is 0 Å². The number of anilines is 1. The lowest BCUT2D eigenvalue weighted by molar-refractivity contribution is -0.125. The van der Waals surface area contributed by atoms with Crippen LogP contribution in [0.4, 0.5) is 5.82 Å². The average Bonchev–Trinajstić information content (AvgIpc) is 3.12. The average molecular weight is 369 g/mol. The summed E-state index contributed by atoms with van der Waals surface area (Å²) >= 11 is 0. The zero-order valence-electron chi connectivity index (χ0n) is 15.8. The van der Waals surface area contributed by atoms with Crippen molar-refractivity contribution in [1.29, 1.82) is 0 Å². The van der Waals surface area contributed by atoms with E-state index in [4.69, 9.17) is 5.73 Å². The number of benzene rings is 1. The minimum atomic E-state index is -0.623. The van der Waals surface area contributed by atoms with Gasteiger partial charge in [-0.25, -0.2) is 4.68 Å². The van der Waals surface area contributed by atoms with Crippen molar-refractivity contribution in [3.63, 3.8) is 0 Å². The van der Waals surface area contributed by atoms with Crippen molar-refractivity contribution in [2.24, 2.45) is 11.7 Å².